The van der Waals surface area contributed by atoms with Crippen LogP contribution in [0, 0.1) is 6.92 Å². The average molecular weight is 241 g/mol. The summed E-state index contributed by atoms with van der Waals surface area (Å²) in [4.78, 5) is 9.38. The van der Waals surface area contributed by atoms with Crippen LogP contribution in [0.1, 0.15) is 5.56 Å². The summed E-state index contributed by atoms with van der Waals surface area (Å²) in [5.74, 6) is 1.14. The Hall–Kier alpha value is -1.61. The summed E-state index contributed by atoms with van der Waals surface area (Å²) in [6.07, 6.45) is 1.92. The van der Waals surface area contributed by atoms with Crippen molar-refractivity contribution in [1.82, 2.24) is 9.88 Å². The molecule has 0 radical (unpaired) electrons. The summed E-state index contributed by atoms with van der Waals surface area (Å²) in [6.45, 7) is 6.50. The summed E-state index contributed by atoms with van der Waals surface area (Å²) in [7, 11) is 2.18. The fourth-order valence-electron chi connectivity index (χ4n) is 2.54. The van der Waals surface area contributed by atoms with E-state index >= 15 is 0 Å². The lowest BCUT2D eigenvalue weighted by Gasteiger charge is -2.33. The molecule has 0 spiro atoms. The Morgan fingerprint density at radius 1 is 1.06 bits per heavy atom. The maximum Gasteiger partial charge on any atom is 0.136 e. The van der Waals surface area contributed by atoms with E-state index in [0.29, 0.717) is 0 Å². The Balaban J connectivity index is 2.03. The molecule has 1 aliphatic rings. The highest BCUT2D eigenvalue weighted by atomic mass is 15.3. The number of rotatable bonds is 1. The number of nitrogens with zero attached hydrogens (tertiary/aromatic N) is 3. The van der Waals surface area contributed by atoms with Crippen LogP contribution in [0.3, 0.4) is 0 Å². The Morgan fingerprint density at radius 2 is 1.83 bits per heavy atom. The molecular weight excluding hydrogens is 222 g/mol. The van der Waals surface area contributed by atoms with E-state index in [1.54, 1.807) is 0 Å². The lowest BCUT2D eigenvalue weighted by molar-refractivity contribution is 0.312. The largest absolute Gasteiger partial charge is 0.354 e. The first-order valence-electron chi connectivity index (χ1n) is 6.53. The second-order valence-corrected chi connectivity index (χ2v) is 5.15. The van der Waals surface area contributed by atoms with E-state index in [1.165, 1.54) is 16.3 Å². The van der Waals surface area contributed by atoms with Gasteiger partial charge in [-0.25, -0.2) is 4.98 Å². The Labute approximate surface area is 108 Å². The average Bonchev–Trinajstić information content (AvgIpc) is 2.39. The van der Waals surface area contributed by atoms with Gasteiger partial charge >= 0.3 is 0 Å². The first-order chi connectivity index (χ1) is 8.74. The minimum absolute atomic E-state index is 1.07. The standard InChI is InChI=1S/C15H19N3/c1-12-3-4-13-5-6-16-15(14(13)11-12)18-9-7-17(2)8-10-18/h3-6,11H,7-10H2,1-2H3. The Morgan fingerprint density at radius 3 is 2.61 bits per heavy atom. The maximum atomic E-state index is 4.60. The van der Waals surface area contributed by atoms with Gasteiger partial charge in [-0.05, 0) is 31.5 Å². The number of piperazine rings is 1. The minimum atomic E-state index is 1.07. The number of pyridine rings is 1. The van der Waals surface area contributed by atoms with E-state index in [4.69, 9.17) is 0 Å². The zero-order valence-electron chi connectivity index (χ0n) is 11.1. The van der Waals surface area contributed by atoms with Crippen molar-refractivity contribution in [2.45, 2.75) is 6.92 Å². The molecule has 1 saturated heterocycles. The first kappa shape index (κ1) is 11.5. The molecule has 0 bridgehead atoms. The van der Waals surface area contributed by atoms with Crippen LogP contribution in [-0.2, 0) is 0 Å². The van der Waals surface area contributed by atoms with E-state index in [-0.39, 0.29) is 0 Å². The first-order valence-corrected chi connectivity index (χ1v) is 6.53. The van der Waals surface area contributed by atoms with Crippen molar-refractivity contribution >= 4 is 16.6 Å². The van der Waals surface area contributed by atoms with Gasteiger partial charge in [0, 0.05) is 37.8 Å². The molecule has 0 N–H and O–H groups in total. The Kier molecular flexibility index (Phi) is 2.92. The van der Waals surface area contributed by atoms with Crippen LogP contribution < -0.4 is 4.90 Å². The summed E-state index contributed by atoms with van der Waals surface area (Å²) in [5.41, 5.74) is 1.30. The summed E-state index contributed by atoms with van der Waals surface area (Å²) in [5, 5.41) is 2.56. The number of anilines is 1. The predicted octanol–water partition coefficient (Wildman–Crippen LogP) is 2.30. The van der Waals surface area contributed by atoms with Gasteiger partial charge in [-0.2, -0.15) is 0 Å². The number of aryl methyl sites for hydroxylation is 1. The lowest BCUT2D eigenvalue weighted by Crippen LogP contribution is -2.44. The van der Waals surface area contributed by atoms with Gasteiger partial charge in [-0.3, -0.25) is 0 Å². The number of aromatic nitrogens is 1. The number of hydrogen-bond acceptors (Lipinski definition) is 3. The van der Waals surface area contributed by atoms with Crippen molar-refractivity contribution in [1.29, 1.82) is 0 Å². The number of likely N-dealkylation sites (N-methyl/N-ethyl adjacent to an activating group) is 1. The fourth-order valence-corrected chi connectivity index (χ4v) is 2.54. The monoisotopic (exact) mass is 241 g/mol. The molecule has 18 heavy (non-hydrogen) atoms. The van der Waals surface area contributed by atoms with Gasteiger partial charge in [-0.15, -0.1) is 0 Å². The third kappa shape index (κ3) is 2.06. The molecule has 3 heteroatoms. The predicted molar refractivity (Wildman–Crippen MR) is 76.2 cm³/mol. The van der Waals surface area contributed by atoms with Gasteiger partial charge in [0.15, 0.2) is 0 Å². The summed E-state index contributed by atoms with van der Waals surface area (Å²) in [6, 6.07) is 8.69. The molecule has 1 aromatic carbocycles. The second kappa shape index (κ2) is 4.58. The summed E-state index contributed by atoms with van der Waals surface area (Å²) < 4.78 is 0. The van der Waals surface area contributed by atoms with Crippen molar-refractivity contribution in [3.05, 3.63) is 36.0 Å². The SMILES string of the molecule is Cc1ccc2ccnc(N3CCN(C)CC3)c2c1. The highest BCUT2D eigenvalue weighted by Crippen LogP contribution is 2.25. The van der Waals surface area contributed by atoms with E-state index < -0.39 is 0 Å². The van der Waals surface area contributed by atoms with Crippen LogP contribution in [0.5, 0.6) is 0 Å². The number of benzene rings is 1. The van der Waals surface area contributed by atoms with Crippen molar-refractivity contribution < 1.29 is 0 Å². The molecule has 0 aliphatic carbocycles. The van der Waals surface area contributed by atoms with E-state index in [1.807, 2.05) is 6.20 Å². The summed E-state index contributed by atoms with van der Waals surface area (Å²) >= 11 is 0. The molecule has 2 aromatic rings. The maximum absolute atomic E-state index is 4.60. The fraction of sp³-hybridized carbons (Fsp3) is 0.400. The molecule has 0 amide bonds. The molecule has 0 atom stereocenters. The van der Waals surface area contributed by atoms with Crippen LogP contribution in [0.2, 0.25) is 0 Å². The van der Waals surface area contributed by atoms with Gasteiger partial charge in [0.1, 0.15) is 5.82 Å². The topological polar surface area (TPSA) is 19.4 Å². The van der Waals surface area contributed by atoms with Crippen LogP contribution in [0.15, 0.2) is 30.5 Å². The van der Waals surface area contributed by atoms with Gasteiger partial charge in [0.05, 0.1) is 0 Å². The molecule has 3 nitrogen and oxygen atoms in total. The molecule has 1 fully saturated rings. The second-order valence-electron chi connectivity index (χ2n) is 5.15. The Bertz CT molecular complexity index is 557. The van der Waals surface area contributed by atoms with Crippen molar-refractivity contribution in [3.8, 4) is 0 Å². The van der Waals surface area contributed by atoms with Gasteiger partial charge < -0.3 is 9.80 Å². The van der Waals surface area contributed by atoms with Gasteiger partial charge in [0.2, 0.25) is 0 Å². The number of fused-ring (bicyclic) bond motifs is 1. The molecule has 1 aliphatic heterocycles. The van der Waals surface area contributed by atoms with E-state index in [2.05, 4.69) is 53.0 Å². The lowest BCUT2D eigenvalue weighted by atomic mass is 10.1. The van der Waals surface area contributed by atoms with Crippen molar-refractivity contribution in [2.75, 3.05) is 38.1 Å². The van der Waals surface area contributed by atoms with Crippen LogP contribution in [0.25, 0.3) is 10.8 Å². The van der Waals surface area contributed by atoms with Crippen LogP contribution in [0.4, 0.5) is 5.82 Å². The van der Waals surface area contributed by atoms with Gasteiger partial charge in [-0.1, -0.05) is 17.7 Å². The van der Waals surface area contributed by atoms with Crippen LogP contribution >= 0.6 is 0 Å². The zero-order chi connectivity index (χ0) is 12.5. The quantitative estimate of drug-likeness (QED) is 0.763. The molecular formula is C15H19N3. The van der Waals surface area contributed by atoms with Crippen LogP contribution in [-0.4, -0.2) is 43.1 Å². The molecule has 2 heterocycles. The highest BCUT2D eigenvalue weighted by Gasteiger charge is 2.17. The third-order valence-corrected chi connectivity index (χ3v) is 3.70. The number of hydrogen-bond donors (Lipinski definition) is 0. The molecule has 3 rings (SSSR count). The van der Waals surface area contributed by atoms with Gasteiger partial charge in [0.25, 0.3) is 0 Å². The smallest absolute Gasteiger partial charge is 0.136 e. The molecule has 0 unspecified atom stereocenters. The molecule has 94 valence electrons. The van der Waals surface area contributed by atoms with E-state index in [9.17, 15) is 0 Å². The van der Waals surface area contributed by atoms with E-state index in [0.717, 1.165) is 32.0 Å². The molecule has 1 aromatic heterocycles. The normalized spacial score (nSPS) is 17.3. The minimum Gasteiger partial charge on any atom is -0.354 e. The molecule has 0 saturated carbocycles. The van der Waals surface area contributed by atoms with Crippen molar-refractivity contribution in [2.24, 2.45) is 0 Å². The highest BCUT2D eigenvalue weighted by molar-refractivity contribution is 5.92. The van der Waals surface area contributed by atoms with Crippen molar-refractivity contribution in [3.63, 3.8) is 0 Å². The zero-order valence-corrected chi connectivity index (χ0v) is 11.1. The third-order valence-electron chi connectivity index (χ3n) is 3.70.